The van der Waals surface area contributed by atoms with Gasteiger partial charge in [0.05, 0.1) is 5.69 Å². The van der Waals surface area contributed by atoms with Gasteiger partial charge in [-0.1, -0.05) is 26.4 Å². The van der Waals surface area contributed by atoms with Crippen molar-refractivity contribution < 1.29 is 33.8 Å². The number of carbonyl (C=O) groups excluding carboxylic acids is 2. The molecule has 4 rings (SSSR count). The summed E-state index contributed by atoms with van der Waals surface area (Å²) < 4.78 is 74.1. The Labute approximate surface area is 251 Å². The summed E-state index contributed by atoms with van der Waals surface area (Å²) in [5.41, 5.74) is -0.781. The highest BCUT2D eigenvalue weighted by Gasteiger charge is 2.65. The van der Waals surface area contributed by atoms with Crippen LogP contribution in [0.4, 0.5) is 35.6 Å². The number of rotatable bonds is 6. The van der Waals surface area contributed by atoms with E-state index >= 15 is 0 Å². The van der Waals surface area contributed by atoms with Crippen LogP contribution in [0.5, 0.6) is 0 Å². The molecule has 43 heavy (non-hydrogen) atoms. The van der Waals surface area contributed by atoms with Crippen LogP contribution in [0.3, 0.4) is 0 Å². The molecule has 3 aromatic rings. The Kier molecular flexibility index (Phi) is 7.82. The van der Waals surface area contributed by atoms with Crippen molar-refractivity contribution in [2.75, 3.05) is 36.4 Å². The number of fused-ring (bicyclic) bond motifs is 1. The Morgan fingerprint density at radius 1 is 1.09 bits per heavy atom. The molecule has 18 heteroatoms. The number of hydrogen-bond acceptors (Lipinski definition) is 7. The maximum Gasteiger partial charge on any atom is 0.410 e. The van der Waals surface area contributed by atoms with Crippen molar-refractivity contribution in [3.8, 4) is 0 Å². The van der Waals surface area contributed by atoms with Gasteiger partial charge in [-0.2, -0.15) is 9.50 Å². The normalized spacial score (nSPS) is 16.2. The molecule has 1 aliphatic rings. The van der Waals surface area contributed by atoms with Crippen molar-refractivity contribution in [1.29, 1.82) is 0 Å². The number of nitrogens with zero attached hydrogens (tertiary/aromatic N) is 6. The molecule has 1 aliphatic heterocycles. The van der Waals surface area contributed by atoms with Gasteiger partial charge >= 0.3 is 16.3 Å². The van der Waals surface area contributed by atoms with E-state index in [2.05, 4.69) is 31.3 Å². The van der Waals surface area contributed by atoms with Crippen molar-refractivity contribution in [2.24, 2.45) is 0 Å². The Morgan fingerprint density at radius 2 is 1.72 bits per heavy atom. The monoisotopic (exact) mass is 699 g/mol. The van der Waals surface area contributed by atoms with E-state index < -0.39 is 44.8 Å². The largest absolute Gasteiger partial charge is 0.444 e. The second kappa shape index (κ2) is 10.3. The second-order valence-corrected chi connectivity index (χ2v) is 14.2. The van der Waals surface area contributed by atoms with Crippen molar-refractivity contribution in [1.82, 2.24) is 24.1 Å². The van der Waals surface area contributed by atoms with E-state index in [1.807, 2.05) is 0 Å². The minimum atomic E-state index is -9.90. The van der Waals surface area contributed by atoms with E-state index in [0.717, 1.165) is 10.6 Å². The van der Waals surface area contributed by atoms with Crippen molar-refractivity contribution in [3.05, 3.63) is 44.5 Å². The number of piperazine rings is 1. The summed E-state index contributed by atoms with van der Waals surface area (Å²) in [6.07, 6.45) is -0.195. The van der Waals surface area contributed by atoms with E-state index in [-0.39, 0.29) is 72.2 Å². The first-order chi connectivity index (χ1) is 19.6. The first-order valence-corrected chi connectivity index (χ1v) is 15.9. The molecular weight excluding hydrogens is 669 g/mol. The zero-order chi connectivity index (χ0) is 32.2. The summed E-state index contributed by atoms with van der Waals surface area (Å²) in [5, 5.41) is 6.57. The number of aryl methyl sites for hydroxylation is 1. The highest BCUT2D eigenvalue weighted by molar-refractivity contribution is 9.10. The van der Waals surface area contributed by atoms with Crippen molar-refractivity contribution >= 4 is 55.3 Å². The zero-order valence-electron chi connectivity index (χ0n) is 24.0. The van der Waals surface area contributed by atoms with Crippen LogP contribution in [0.2, 0.25) is 0 Å². The highest BCUT2D eigenvalue weighted by Crippen LogP contribution is 3.02. The minimum Gasteiger partial charge on any atom is -0.444 e. The summed E-state index contributed by atoms with van der Waals surface area (Å²) in [7, 11) is -9.90. The van der Waals surface area contributed by atoms with E-state index in [1.54, 1.807) is 32.6 Å². The molecule has 1 saturated heterocycles. The number of anilines is 2. The number of aromatic nitrogens is 4. The van der Waals surface area contributed by atoms with Crippen LogP contribution in [0.15, 0.2) is 32.6 Å². The Hall–Kier alpha value is -3.41. The Balaban J connectivity index is 1.65. The molecule has 0 unspecified atom stereocenters. The van der Waals surface area contributed by atoms with Gasteiger partial charge in [0.2, 0.25) is 16.4 Å². The van der Waals surface area contributed by atoms with Crippen LogP contribution in [-0.2, 0) is 22.5 Å². The van der Waals surface area contributed by atoms with Gasteiger partial charge in [0, 0.05) is 31.9 Å². The van der Waals surface area contributed by atoms with Crippen LogP contribution in [0, 0.1) is 6.92 Å². The zero-order valence-corrected chi connectivity index (χ0v) is 26.4. The summed E-state index contributed by atoms with van der Waals surface area (Å²) in [6, 6.07) is 1.28. The standard InChI is InChI=1S/C25H31BrF5N7O4S/c1-6-18-20(35-9-11-36(12-10-35)24(41)42-25(3,4)5)21(40)38-23(33-22(26)34-38)37(18)14-19(39)32-17-8-7-16(13-15(17)2)43(27,28,29,30)31/h7-8,13H,6,9-12,14H2,1-5H3,(H,32,39). The molecule has 1 fully saturated rings. The number of benzene rings is 1. The lowest BCUT2D eigenvalue weighted by molar-refractivity contribution is -0.116. The topological polar surface area (TPSA) is 114 Å². The average Bonchev–Trinajstić information content (AvgIpc) is 3.26. The van der Waals surface area contributed by atoms with Gasteiger partial charge in [0.1, 0.15) is 22.7 Å². The van der Waals surface area contributed by atoms with Gasteiger partial charge in [0.25, 0.3) is 5.56 Å². The first-order valence-electron chi connectivity index (χ1n) is 13.1. The molecule has 0 saturated carbocycles. The second-order valence-electron chi connectivity index (χ2n) is 11.1. The van der Waals surface area contributed by atoms with Crippen LogP contribution in [0.1, 0.15) is 39.0 Å². The molecule has 11 nitrogen and oxygen atoms in total. The number of nitrogens with one attached hydrogen (secondary N) is 1. The third-order valence-corrected chi connectivity index (χ3v) is 8.08. The Bertz CT molecular complexity index is 1660. The number of amides is 2. The van der Waals surface area contributed by atoms with Gasteiger partial charge in [-0.3, -0.25) is 9.59 Å². The van der Waals surface area contributed by atoms with E-state index in [9.17, 15) is 33.8 Å². The Morgan fingerprint density at radius 3 is 2.26 bits per heavy atom. The molecule has 0 radical (unpaired) electrons. The average molecular weight is 701 g/mol. The lowest BCUT2D eigenvalue weighted by Crippen LogP contribution is -2.51. The number of hydrogen-bond donors (Lipinski definition) is 1. The fourth-order valence-electron chi connectivity index (χ4n) is 4.69. The third-order valence-electron chi connectivity index (χ3n) is 6.60. The van der Waals surface area contributed by atoms with E-state index in [0.29, 0.717) is 5.69 Å². The molecule has 0 spiro atoms. The quantitative estimate of drug-likeness (QED) is 0.320. The predicted molar refractivity (Wildman–Crippen MR) is 156 cm³/mol. The molecule has 0 bridgehead atoms. The molecule has 2 aromatic heterocycles. The molecule has 1 aromatic carbocycles. The lowest BCUT2D eigenvalue weighted by Gasteiger charge is -2.40. The van der Waals surface area contributed by atoms with Crippen LogP contribution in [-0.4, -0.2) is 67.8 Å². The number of halogens is 6. The third kappa shape index (κ3) is 7.22. The fourth-order valence-corrected chi connectivity index (χ4v) is 5.74. The molecule has 0 aliphatic carbocycles. The number of carbonyl (C=O) groups is 2. The SMILES string of the molecule is CCc1c(N2CCN(C(=O)OC(C)(C)C)CC2)c(=O)n2nc(Br)nc2n1CC(=O)Nc1ccc(S(F)(F)(F)(F)F)cc1C. The predicted octanol–water partition coefficient (Wildman–Crippen LogP) is 5.88. The summed E-state index contributed by atoms with van der Waals surface area (Å²) in [4.78, 5) is 44.8. The maximum atomic E-state index is 13.6. The van der Waals surface area contributed by atoms with Gasteiger partial charge in [-0.05, 0) is 73.8 Å². The van der Waals surface area contributed by atoms with Crippen LogP contribution >= 0.6 is 26.2 Å². The summed E-state index contributed by atoms with van der Waals surface area (Å²) in [5.74, 6) is -0.670. The number of ether oxygens (including phenoxy) is 1. The molecule has 2 amide bonds. The summed E-state index contributed by atoms with van der Waals surface area (Å²) in [6.45, 7) is 8.91. The van der Waals surface area contributed by atoms with E-state index in [4.69, 9.17) is 4.74 Å². The first kappa shape index (κ1) is 32.5. The smallest absolute Gasteiger partial charge is 0.410 e. The van der Waals surface area contributed by atoms with Gasteiger partial charge < -0.3 is 24.4 Å². The minimum absolute atomic E-state index is 0.0352. The molecule has 1 N–H and O–H groups in total. The van der Waals surface area contributed by atoms with Crippen molar-refractivity contribution in [2.45, 2.75) is 58.1 Å². The highest BCUT2D eigenvalue weighted by atomic mass is 79.9. The van der Waals surface area contributed by atoms with Gasteiger partial charge in [-0.25, -0.2) is 4.79 Å². The molecule has 238 valence electrons. The van der Waals surface area contributed by atoms with Crippen molar-refractivity contribution in [3.63, 3.8) is 0 Å². The van der Waals surface area contributed by atoms with E-state index in [1.165, 1.54) is 16.4 Å². The molecule has 3 heterocycles. The lowest BCUT2D eigenvalue weighted by atomic mass is 10.2. The maximum absolute atomic E-state index is 13.6. The molecule has 0 atom stereocenters. The van der Waals surface area contributed by atoms with Crippen LogP contribution < -0.4 is 15.8 Å². The summed E-state index contributed by atoms with van der Waals surface area (Å²) >= 11 is 3.15. The van der Waals surface area contributed by atoms with Crippen LogP contribution in [0.25, 0.3) is 5.78 Å². The molecular formula is C25H31BrF5N7O4S. The van der Waals surface area contributed by atoms with Gasteiger partial charge in [-0.15, -0.1) is 5.10 Å². The fraction of sp³-hybridized carbons (Fsp3) is 0.480. The van der Waals surface area contributed by atoms with Gasteiger partial charge in [0.15, 0.2) is 0 Å².